The molecule has 1 rings (SSSR count). The van der Waals surface area contributed by atoms with Gasteiger partial charge in [0.25, 0.3) is 10.2 Å². The lowest BCUT2D eigenvalue weighted by molar-refractivity contribution is 0.0593. The predicted octanol–water partition coefficient (Wildman–Crippen LogP) is -0.344. The van der Waals surface area contributed by atoms with E-state index < -0.39 is 10.2 Å². The summed E-state index contributed by atoms with van der Waals surface area (Å²) in [5.41, 5.74) is 0. The topological polar surface area (TPSA) is 70.1 Å². The molecular weight excluding hydrogens is 244 g/mol. The molecule has 0 aromatic heterocycles. The Bertz CT molecular complexity index is 312. The molecule has 0 amide bonds. The maximum atomic E-state index is 12.1. The first kappa shape index (κ1) is 14.8. The van der Waals surface area contributed by atoms with E-state index in [0.717, 1.165) is 12.8 Å². The third-order valence-electron chi connectivity index (χ3n) is 3.09. The molecule has 0 aliphatic carbocycles. The van der Waals surface area contributed by atoms with Gasteiger partial charge in [0, 0.05) is 40.4 Å². The van der Waals surface area contributed by atoms with Crippen molar-refractivity contribution in [1.29, 1.82) is 0 Å². The van der Waals surface area contributed by atoms with Crippen LogP contribution in [0.1, 0.15) is 19.3 Å². The van der Waals surface area contributed by atoms with Crippen LogP contribution in [0.2, 0.25) is 0 Å². The number of methoxy groups -OCH3 is 1. The molecule has 1 aliphatic rings. The Morgan fingerprint density at radius 2 is 2.00 bits per heavy atom. The fourth-order valence-corrected chi connectivity index (χ4v) is 3.33. The maximum Gasteiger partial charge on any atom is 0.281 e. The van der Waals surface area contributed by atoms with Crippen LogP contribution in [-0.4, -0.2) is 68.6 Å². The van der Waals surface area contributed by atoms with Crippen molar-refractivity contribution < 1.29 is 18.3 Å². The van der Waals surface area contributed by atoms with Crippen LogP contribution in [-0.2, 0) is 14.9 Å². The summed E-state index contributed by atoms with van der Waals surface area (Å²) < 4.78 is 32.2. The number of ether oxygens (including phenoxy) is 1. The van der Waals surface area contributed by atoms with Gasteiger partial charge in [0.05, 0.1) is 6.10 Å². The minimum absolute atomic E-state index is 0.00556. The standard InChI is InChI=1S/C10H22N2O4S/c1-11(6-3-9-13)17(14,15)12-7-4-10(16-2)5-8-12/h10,13H,3-9H2,1-2H3. The molecule has 0 atom stereocenters. The molecule has 102 valence electrons. The van der Waals surface area contributed by atoms with Crippen molar-refractivity contribution in [3.63, 3.8) is 0 Å². The van der Waals surface area contributed by atoms with Crippen LogP contribution < -0.4 is 0 Å². The quantitative estimate of drug-likeness (QED) is 0.714. The van der Waals surface area contributed by atoms with Crippen molar-refractivity contribution in [3.8, 4) is 0 Å². The van der Waals surface area contributed by atoms with Gasteiger partial charge >= 0.3 is 0 Å². The lowest BCUT2D eigenvalue weighted by Crippen LogP contribution is -2.47. The minimum atomic E-state index is -3.37. The molecular formula is C10H22N2O4S. The molecule has 17 heavy (non-hydrogen) atoms. The van der Waals surface area contributed by atoms with E-state index in [-0.39, 0.29) is 12.7 Å². The van der Waals surface area contributed by atoms with Gasteiger partial charge < -0.3 is 9.84 Å². The first-order valence-corrected chi connectivity index (χ1v) is 7.27. The summed E-state index contributed by atoms with van der Waals surface area (Å²) >= 11 is 0. The van der Waals surface area contributed by atoms with Crippen LogP contribution in [0.25, 0.3) is 0 Å². The average Bonchev–Trinajstić information content (AvgIpc) is 2.35. The molecule has 1 heterocycles. The zero-order chi connectivity index (χ0) is 12.9. The van der Waals surface area contributed by atoms with Gasteiger partial charge in [-0.1, -0.05) is 0 Å². The molecule has 1 aliphatic heterocycles. The Hall–Kier alpha value is -0.210. The number of hydrogen-bond acceptors (Lipinski definition) is 4. The van der Waals surface area contributed by atoms with Gasteiger partial charge in [0.1, 0.15) is 0 Å². The smallest absolute Gasteiger partial charge is 0.281 e. The van der Waals surface area contributed by atoms with E-state index in [4.69, 9.17) is 9.84 Å². The van der Waals surface area contributed by atoms with Gasteiger partial charge in [-0.2, -0.15) is 17.0 Å². The minimum Gasteiger partial charge on any atom is -0.396 e. The van der Waals surface area contributed by atoms with Gasteiger partial charge in [-0.05, 0) is 19.3 Å². The van der Waals surface area contributed by atoms with Gasteiger partial charge in [-0.3, -0.25) is 0 Å². The molecule has 1 saturated heterocycles. The maximum absolute atomic E-state index is 12.1. The highest BCUT2D eigenvalue weighted by molar-refractivity contribution is 7.86. The molecule has 0 saturated carbocycles. The first-order chi connectivity index (χ1) is 8.02. The van der Waals surface area contributed by atoms with E-state index in [2.05, 4.69) is 0 Å². The Kier molecular flexibility index (Phi) is 5.81. The fraction of sp³-hybridized carbons (Fsp3) is 1.00. The van der Waals surface area contributed by atoms with Gasteiger partial charge in [0.2, 0.25) is 0 Å². The van der Waals surface area contributed by atoms with Gasteiger partial charge in [-0.25, -0.2) is 0 Å². The summed E-state index contributed by atoms with van der Waals surface area (Å²) in [6.07, 6.45) is 2.11. The first-order valence-electron chi connectivity index (χ1n) is 5.87. The second kappa shape index (κ2) is 6.65. The van der Waals surface area contributed by atoms with E-state index >= 15 is 0 Å². The largest absolute Gasteiger partial charge is 0.396 e. The fourth-order valence-electron chi connectivity index (χ4n) is 1.90. The van der Waals surface area contributed by atoms with Crippen molar-refractivity contribution in [2.45, 2.75) is 25.4 Å². The van der Waals surface area contributed by atoms with Crippen molar-refractivity contribution in [3.05, 3.63) is 0 Å². The number of hydrogen-bond donors (Lipinski definition) is 1. The van der Waals surface area contributed by atoms with Gasteiger partial charge in [-0.15, -0.1) is 0 Å². The van der Waals surface area contributed by atoms with Gasteiger partial charge in [0.15, 0.2) is 0 Å². The Morgan fingerprint density at radius 3 is 2.47 bits per heavy atom. The van der Waals surface area contributed by atoms with Crippen molar-refractivity contribution >= 4 is 10.2 Å². The van der Waals surface area contributed by atoms with E-state index in [0.29, 0.717) is 26.1 Å². The van der Waals surface area contributed by atoms with Crippen LogP contribution in [0.3, 0.4) is 0 Å². The second-order valence-electron chi connectivity index (χ2n) is 4.24. The Labute approximate surface area is 103 Å². The van der Waals surface area contributed by atoms with Crippen molar-refractivity contribution in [1.82, 2.24) is 8.61 Å². The molecule has 1 fully saturated rings. The van der Waals surface area contributed by atoms with Crippen LogP contribution in [0, 0.1) is 0 Å². The number of nitrogens with zero attached hydrogens (tertiary/aromatic N) is 2. The van der Waals surface area contributed by atoms with E-state index in [1.54, 1.807) is 14.2 Å². The molecule has 1 N–H and O–H groups in total. The summed E-state index contributed by atoms with van der Waals surface area (Å²) in [6, 6.07) is 0. The van der Waals surface area contributed by atoms with Crippen LogP contribution >= 0.6 is 0 Å². The summed E-state index contributed by atoms with van der Waals surface area (Å²) in [7, 11) is -0.162. The normalized spacial score (nSPS) is 20.0. The predicted molar refractivity (Wildman–Crippen MR) is 64.9 cm³/mol. The van der Waals surface area contributed by atoms with Crippen LogP contribution in [0.4, 0.5) is 0 Å². The van der Waals surface area contributed by atoms with Crippen LogP contribution in [0.5, 0.6) is 0 Å². The third-order valence-corrected chi connectivity index (χ3v) is 5.07. The Morgan fingerprint density at radius 1 is 1.41 bits per heavy atom. The molecule has 0 aromatic rings. The Balaban J connectivity index is 2.53. The number of aliphatic hydroxyl groups is 1. The van der Waals surface area contributed by atoms with Crippen molar-refractivity contribution in [2.75, 3.05) is 40.4 Å². The molecule has 0 bridgehead atoms. The third kappa shape index (κ3) is 3.89. The zero-order valence-corrected chi connectivity index (χ0v) is 11.3. The molecule has 6 nitrogen and oxygen atoms in total. The van der Waals surface area contributed by atoms with E-state index in [1.165, 1.54) is 8.61 Å². The average molecular weight is 266 g/mol. The summed E-state index contributed by atoms with van der Waals surface area (Å²) in [5, 5.41) is 8.71. The van der Waals surface area contributed by atoms with Crippen molar-refractivity contribution in [2.24, 2.45) is 0 Å². The zero-order valence-electron chi connectivity index (χ0n) is 10.5. The van der Waals surface area contributed by atoms with E-state index in [1.807, 2.05) is 0 Å². The highest BCUT2D eigenvalue weighted by Gasteiger charge is 2.30. The highest BCUT2D eigenvalue weighted by atomic mass is 32.2. The lowest BCUT2D eigenvalue weighted by atomic mass is 10.1. The summed E-state index contributed by atoms with van der Waals surface area (Å²) in [6.45, 7) is 1.36. The number of rotatable bonds is 6. The van der Waals surface area contributed by atoms with E-state index in [9.17, 15) is 8.42 Å². The molecule has 0 unspecified atom stereocenters. The van der Waals surface area contributed by atoms with Crippen LogP contribution in [0.15, 0.2) is 0 Å². The number of piperidine rings is 1. The lowest BCUT2D eigenvalue weighted by Gasteiger charge is -2.33. The molecule has 0 radical (unpaired) electrons. The SMILES string of the molecule is COC1CCN(S(=O)(=O)N(C)CCCO)CC1. The second-order valence-corrected chi connectivity index (χ2v) is 6.28. The monoisotopic (exact) mass is 266 g/mol. The molecule has 7 heteroatoms. The number of aliphatic hydroxyl groups excluding tert-OH is 1. The summed E-state index contributed by atoms with van der Waals surface area (Å²) in [4.78, 5) is 0. The highest BCUT2D eigenvalue weighted by Crippen LogP contribution is 2.17. The molecule has 0 spiro atoms. The molecule has 0 aromatic carbocycles. The summed E-state index contributed by atoms with van der Waals surface area (Å²) in [5.74, 6) is 0.